The lowest BCUT2D eigenvalue weighted by atomic mass is 9.83. The molecule has 3 aromatic rings. The van der Waals surface area contributed by atoms with E-state index in [2.05, 4.69) is 4.98 Å². The van der Waals surface area contributed by atoms with Gasteiger partial charge in [0.25, 0.3) is 0 Å². The Kier molecular flexibility index (Phi) is 6.55. The van der Waals surface area contributed by atoms with Crippen LogP contribution in [-0.4, -0.2) is 44.6 Å². The normalized spacial score (nSPS) is 27.0. The molecule has 0 aliphatic heterocycles. The highest BCUT2D eigenvalue weighted by Crippen LogP contribution is 2.61. The number of nitrogens with zero attached hydrogens (tertiary/aromatic N) is 1. The SMILES string of the molecule is Cc1nc(OCC2(O)CCCCC2O)ccc1-c1ccc(F)c(COc2ccc3c(c2)CC2C(C(=O)O)C32)c1. The number of hydrogen-bond acceptors (Lipinski definition) is 6. The second-order valence-electron chi connectivity index (χ2n) is 11.1. The molecular formula is C31H32FNO6. The van der Waals surface area contributed by atoms with E-state index in [0.29, 0.717) is 35.7 Å². The Morgan fingerprint density at radius 3 is 2.74 bits per heavy atom. The molecule has 3 N–H and O–H groups in total. The lowest BCUT2D eigenvalue weighted by Gasteiger charge is -2.36. The van der Waals surface area contributed by atoms with E-state index in [1.807, 2.05) is 31.2 Å². The molecule has 2 aromatic carbocycles. The summed E-state index contributed by atoms with van der Waals surface area (Å²) in [5, 5.41) is 30.2. The fraction of sp³-hybridized carbons (Fsp3) is 0.419. The Morgan fingerprint density at radius 2 is 1.97 bits per heavy atom. The molecule has 39 heavy (non-hydrogen) atoms. The lowest BCUT2D eigenvalue weighted by molar-refractivity contribution is -0.139. The summed E-state index contributed by atoms with van der Waals surface area (Å²) < 4.78 is 26.4. The van der Waals surface area contributed by atoms with Crippen molar-refractivity contribution >= 4 is 5.97 Å². The van der Waals surface area contributed by atoms with Crippen LogP contribution in [0.4, 0.5) is 4.39 Å². The largest absolute Gasteiger partial charge is 0.489 e. The van der Waals surface area contributed by atoms with Gasteiger partial charge in [-0.05, 0) is 79.1 Å². The molecule has 3 aliphatic carbocycles. The van der Waals surface area contributed by atoms with Crippen molar-refractivity contribution in [3.63, 3.8) is 0 Å². The number of benzene rings is 2. The van der Waals surface area contributed by atoms with Gasteiger partial charge >= 0.3 is 5.97 Å². The number of aliphatic hydroxyl groups excluding tert-OH is 1. The van der Waals surface area contributed by atoms with Crippen LogP contribution in [0.3, 0.4) is 0 Å². The van der Waals surface area contributed by atoms with Gasteiger partial charge in [0.2, 0.25) is 5.88 Å². The molecule has 2 saturated carbocycles. The van der Waals surface area contributed by atoms with Crippen molar-refractivity contribution in [3.05, 3.63) is 76.7 Å². The first-order valence-corrected chi connectivity index (χ1v) is 13.5. The molecule has 0 bridgehead atoms. The smallest absolute Gasteiger partial charge is 0.307 e. The molecular weight excluding hydrogens is 501 g/mol. The van der Waals surface area contributed by atoms with Gasteiger partial charge in [0.15, 0.2) is 0 Å². The fourth-order valence-corrected chi connectivity index (χ4v) is 6.33. The molecule has 2 fully saturated rings. The van der Waals surface area contributed by atoms with E-state index in [9.17, 15) is 24.5 Å². The number of pyridine rings is 1. The van der Waals surface area contributed by atoms with Crippen molar-refractivity contribution in [1.82, 2.24) is 4.98 Å². The molecule has 3 aliphatic rings. The number of carbonyl (C=O) groups is 1. The van der Waals surface area contributed by atoms with Crippen LogP contribution in [0.25, 0.3) is 11.1 Å². The first-order chi connectivity index (χ1) is 18.7. The van der Waals surface area contributed by atoms with Crippen molar-refractivity contribution in [2.45, 2.75) is 63.3 Å². The minimum absolute atomic E-state index is 0.0257. The first-order valence-electron chi connectivity index (χ1n) is 13.5. The molecule has 204 valence electrons. The van der Waals surface area contributed by atoms with Crippen molar-refractivity contribution in [2.75, 3.05) is 6.61 Å². The van der Waals surface area contributed by atoms with E-state index in [1.165, 1.54) is 6.07 Å². The zero-order chi connectivity index (χ0) is 27.3. The molecule has 1 heterocycles. The molecule has 5 unspecified atom stereocenters. The molecule has 0 amide bonds. The van der Waals surface area contributed by atoms with Crippen molar-refractivity contribution < 1.29 is 34.0 Å². The highest BCUT2D eigenvalue weighted by molar-refractivity contribution is 5.78. The maximum atomic E-state index is 14.7. The first kappa shape index (κ1) is 25.8. The summed E-state index contributed by atoms with van der Waals surface area (Å²) in [7, 11) is 0. The Bertz CT molecular complexity index is 1430. The standard InChI is InChI=1S/C31H32FNO6/c1-17-22(8-10-27(33-17)39-16-31(37)11-3-2-4-26(31)34)18-5-9-25(32)20(12-18)15-38-21-6-7-23-19(13-21)14-24-28(23)29(24)30(35)36/h5-10,12-13,24,26,28-29,34,37H,2-4,11,14-16H2,1H3,(H,35,36). The van der Waals surface area contributed by atoms with Crippen LogP contribution >= 0.6 is 0 Å². The van der Waals surface area contributed by atoms with Crippen molar-refractivity contribution in [1.29, 1.82) is 0 Å². The van der Waals surface area contributed by atoms with Crippen LogP contribution in [-0.2, 0) is 17.8 Å². The zero-order valence-electron chi connectivity index (χ0n) is 21.8. The summed E-state index contributed by atoms with van der Waals surface area (Å²) in [5.74, 6) is -0.0762. The van der Waals surface area contributed by atoms with Crippen LogP contribution in [0.15, 0.2) is 48.5 Å². The maximum absolute atomic E-state index is 14.7. The minimum atomic E-state index is -1.27. The topological polar surface area (TPSA) is 109 Å². The predicted molar refractivity (Wildman–Crippen MR) is 141 cm³/mol. The second kappa shape index (κ2) is 9.92. The number of aryl methyl sites for hydroxylation is 1. The third-order valence-electron chi connectivity index (χ3n) is 8.62. The van der Waals surface area contributed by atoms with Crippen molar-refractivity contribution in [2.24, 2.45) is 11.8 Å². The number of ether oxygens (including phenoxy) is 2. The second-order valence-corrected chi connectivity index (χ2v) is 11.1. The van der Waals surface area contributed by atoms with Gasteiger partial charge in [-0.1, -0.05) is 25.0 Å². The fourth-order valence-electron chi connectivity index (χ4n) is 6.33. The maximum Gasteiger partial charge on any atom is 0.307 e. The van der Waals surface area contributed by atoms with Gasteiger partial charge in [-0.15, -0.1) is 0 Å². The Balaban J connectivity index is 1.12. The number of aromatic nitrogens is 1. The van der Waals surface area contributed by atoms with E-state index in [1.54, 1.807) is 18.2 Å². The predicted octanol–water partition coefficient (Wildman–Crippen LogP) is 4.79. The number of fused-ring (bicyclic) bond motifs is 3. The van der Waals surface area contributed by atoms with E-state index in [0.717, 1.165) is 41.5 Å². The molecule has 5 atom stereocenters. The highest BCUT2D eigenvalue weighted by atomic mass is 19.1. The average Bonchev–Trinajstić information content (AvgIpc) is 3.51. The van der Waals surface area contributed by atoms with Gasteiger partial charge < -0.3 is 24.8 Å². The zero-order valence-corrected chi connectivity index (χ0v) is 21.8. The number of aliphatic carboxylic acids is 1. The summed E-state index contributed by atoms with van der Waals surface area (Å²) in [6, 6.07) is 14.1. The lowest BCUT2D eigenvalue weighted by Crippen LogP contribution is -2.49. The van der Waals surface area contributed by atoms with Gasteiger partial charge in [-0.3, -0.25) is 4.79 Å². The van der Waals surface area contributed by atoms with Crippen LogP contribution in [0, 0.1) is 24.6 Å². The summed E-state index contributed by atoms with van der Waals surface area (Å²) in [4.78, 5) is 15.9. The van der Waals surface area contributed by atoms with Gasteiger partial charge in [-0.2, -0.15) is 0 Å². The van der Waals surface area contributed by atoms with Gasteiger partial charge in [0.1, 0.15) is 30.4 Å². The Morgan fingerprint density at radius 1 is 1.13 bits per heavy atom. The summed E-state index contributed by atoms with van der Waals surface area (Å²) in [6.45, 7) is 1.87. The number of hydrogen-bond donors (Lipinski definition) is 3. The number of carboxylic acids is 1. The monoisotopic (exact) mass is 533 g/mol. The van der Waals surface area contributed by atoms with Gasteiger partial charge in [0.05, 0.1) is 12.0 Å². The molecule has 6 rings (SSSR count). The molecule has 1 aromatic heterocycles. The van der Waals surface area contributed by atoms with Gasteiger partial charge in [0, 0.05) is 28.8 Å². The van der Waals surface area contributed by atoms with Crippen LogP contribution < -0.4 is 9.47 Å². The van der Waals surface area contributed by atoms with Crippen LogP contribution in [0.1, 0.15) is 54.0 Å². The average molecular weight is 534 g/mol. The van der Waals surface area contributed by atoms with E-state index < -0.39 is 17.7 Å². The number of halogens is 1. The molecule has 0 spiro atoms. The van der Waals surface area contributed by atoms with E-state index in [-0.39, 0.29) is 36.8 Å². The van der Waals surface area contributed by atoms with Crippen LogP contribution in [0.2, 0.25) is 0 Å². The number of carboxylic acid groups (broad SMARTS) is 1. The van der Waals surface area contributed by atoms with E-state index in [4.69, 9.17) is 9.47 Å². The number of aliphatic hydroxyl groups is 2. The van der Waals surface area contributed by atoms with Gasteiger partial charge in [-0.25, -0.2) is 9.37 Å². The van der Waals surface area contributed by atoms with Crippen LogP contribution in [0.5, 0.6) is 11.6 Å². The summed E-state index contributed by atoms with van der Waals surface area (Å²) >= 11 is 0. The highest BCUT2D eigenvalue weighted by Gasteiger charge is 2.59. The third-order valence-corrected chi connectivity index (χ3v) is 8.62. The summed E-state index contributed by atoms with van der Waals surface area (Å²) in [5.41, 5.74) is 3.66. The van der Waals surface area contributed by atoms with E-state index >= 15 is 0 Å². The van der Waals surface area contributed by atoms with Crippen molar-refractivity contribution in [3.8, 4) is 22.8 Å². The molecule has 0 saturated heterocycles. The molecule has 7 nitrogen and oxygen atoms in total. The molecule has 0 radical (unpaired) electrons. The molecule has 8 heteroatoms. The Labute approximate surface area is 226 Å². The number of rotatable bonds is 8. The third kappa shape index (κ3) is 4.87. The Hall–Kier alpha value is -3.49. The quantitative estimate of drug-likeness (QED) is 0.382. The summed E-state index contributed by atoms with van der Waals surface area (Å²) in [6.07, 6.45) is 2.72. The minimum Gasteiger partial charge on any atom is -0.489 e.